The number of aromatic hydroxyl groups is 1. The number of rotatable bonds is 2. The Labute approximate surface area is 136 Å². The first-order valence-corrected chi connectivity index (χ1v) is 8.84. The molecule has 2 aromatic carbocycles. The molecule has 5 aliphatic heterocycles. The number of fused-ring (bicyclic) bond motifs is 3. The maximum Gasteiger partial charge on any atom is 0.116 e. The Bertz CT molecular complexity index is 773. The molecule has 0 amide bonds. The molecule has 5 atom stereocenters. The average molecular weight is 309 g/mol. The number of benzene rings is 2. The highest BCUT2D eigenvalue weighted by Gasteiger charge is 2.58. The van der Waals surface area contributed by atoms with E-state index >= 15 is 0 Å². The molecular weight excluding hydrogens is 286 g/mol. The average Bonchev–Trinajstić information content (AvgIpc) is 2.61. The van der Waals surface area contributed by atoms with Crippen LogP contribution in [0, 0.1) is 5.92 Å². The molecule has 1 N–H and O–H groups in total. The molecule has 3 nitrogen and oxygen atoms in total. The van der Waals surface area contributed by atoms with Crippen molar-refractivity contribution in [1.82, 2.24) is 4.90 Å². The SMILES string of the molecule is CCC12CN3CCC1C[C@H]3[C@H](c1cccc3ccc(O)cc13)O2. The largest absolute Gasteiger partial charge is 0.508 e. The third-order valence-electron chi connectivity index (χ3n) is 6.49. The summed E-state index contributed by atoms with van der Waals surface area (Å²) >= 11 is 0. The van der Waals surface area contributed by atoms with E-state index in [9.17, 15) is 5.11 Å². The summed E-state index contributed by atoms with van der Waals surface area (Å²) in [5.41, 5.74) is 1.28. The van der Waals surface area contributed by atoms with Crippen molar-refractivity contribution in [2.75, 3.05) is 13.1 Å². The summed E-state index contributed by atoms with van der Waals surface area (Å²) < 4.78 is 6.77. The minimum Gasteiger partial charge on any atom is -0.508 e. The van der Waals surface area contributed by atoms with Crippen LogP contribution in [0.25, 0.3) is 10.8 Å². The van der Waals surface area contributed by atoms with E-state index < -0.39 is 0 Å². The number of piperidine rings is 3. The number of morpholine rings is 1. The highest BCUT2D eigenvalue weighted by atomic mass is 16.5. The van der Waals surface area contributed by atoms with Crippen LogP contribution in [-0.4, -0.2) is 34.7 Å². The second kappa shape index (κ2) is 4.71. The first kappa shape index (κ1) is 13.8. The van der Waals surface area contributed by atoms with Gasteiger partial charge in [0.05, 0.1) is 11.7 Å². The third kappa shape index (κ3) is 1.84. The summed E-state index contributed by atoms with van der Waals surface area (Å²) in [4.78, 5) is 2.65. The standard InChI is InChI=1S/C20H23NO2/c1-2-20-12-21-9-8-14(20)10-18(21)19(23-20)16-5-3-4-13-6-7-15(22)11-17(13)16/h3-7,11,14,18-19,22H,2,8-10,12H2,1H3/t14?,18-,19-,20?/m0/s1. The lowest BCUT2D eigenvalue weighted by molar-refractivity contribution is -0.274. The molecule has 3 heteroatoms. The molecule has 0 saturated carbocycles. The second-order valence-electron chi connectivity index (χ2n) is 7.47. The van der Waals surface area contributed by atoms with E-state index in [1.807, 2.05) is 12.1 Å². The molecule has 0 spiro atoms. The summed E-state index contributed by atoms with van der Waals surface area (Å²) in [5.74, 6) is 1.06. The van der Waals surface area contributed by atoms with Gasteiger partial charge in [0.2, 0.25) is 0 Å². The number of phenolic OH excluding ortho intramolecular Hbond substituents is 1. The monoisotopic (exact) mass is 309 g/mol. The molecule has 4 bridgehead atoms. The van der Waals surface area contributed by atoms with Gasteiger partial charge in [-0.15, -0.1) is 0 Å². The molecule has 5 aliphatic rings. The zero-order valence-corrected chi connectivity index (χ0v) is 13.5. The van der Waals surface area contributed by atoms with Crippen molar-refractivity contribution in [2.24, 2.45) is 5.92 Å². The molecule has 3 unspecified atom stereocenters. The topological polar surface area (TPSA) is 32.7 Å². The number of ether oxygens (including phenoxy) is 1. The highest BCUT2D eigenvalue weighted by molar-refractivity contribution is 5.87. The van der Waals surface area contributed by atoms with E-state index in [0.29, 0.717) is 11.8 Å². The number of hydrogen-bond acceptors (Lipinski definition) is 3. The van der Waals surface area contributed by atoms with Crippen LogP contribution in [0.3, 0.4) is 0 Å². The Morgan fingerprint density at radius 2 is 2.22 bits per heavy atom. The molecular formula is C20H23NO2. The van der Waals surface area contributed by atoms with Crippen LogP contribution < -0.4 is 0 Å². The third-order valence-corrected chi connectivity index (χ3v) is 6.49. The van der Waals surface area contributed by atoms with Gasteiger partial charge in [-0.25, -0.2) is 0 Å². The summed E-state index contributed by atoms with van der Waals surface area (Å²) in [6.07, 6.45) is 3.76. The maximum atomic E-state index is 9.94. The van der Waals surface area contributed by atoms with Crippen LogP contribution in [-0.2, 0) is 4.74 Å². The van der Waals surface area contributed by atoms with Gasteiger partial charge in [-0.3, -0.25) is 4.90 Å². The zero-order chi connectivity index (χ0) is 15.6. The van der Waals surface area contributed by atoms with E-state index in [2.05, 4.69) is 30.0 Å². The molecule has 0 radical (unpaired) electrons. The van der Waals surface area contributed by atoms with Gasteiger partial charge in [-0.05, 0) is 60.2 Å². The maximum absolute atomic E-state index is 9.94. The quantitative estimate of drug-likeness (QED) is 0.914. The molecule has 23 heavy (non-hydrogen) atoms. The van der Waals surface area contributed by atoms with Gasteiger partial charge < -0.3 is 9.84 Å². The predicted octanol–water partition coefficient (Wildman–Crippen LogP) is 3.86. The molecule has 5 fully saturated rings. The molecule has 5 saturated heterocycles. The first-order valence-electron chi connectivity index (χ1n) is 8.84. The van der Waals surface area contributed by atoms with Crippen molar-refractivity contribution in [3.8, 4) is 5.75 Å². The molecule has 120 valence electrons. The predicted molar refractivity (Wildman–Crippen MR) is 90.5 cm³/mol. The summed E-state index contributed by atoms with van der Waals surface area (Å²) in [7, 11) is 0. The lowest BCUT2D eigenvalue weighted by Gasteiger charge is -2.64. The van der Waals surface area contributed by atoms with Crippen molar-refractivity contribution in [3.63, 3.8) is 0 Å². The molecule has 0 aromatic heterocycles. The van der Waals surface area contributed by atoms with Crippen LogP contribution in [0.5, 0.6) is 5.75 Å². The van der Waals surface area contributed by atoms with E-state index in [4.69, 9.17) is 4.74 Å². The molecule has 2 aromatic rings. The Balaban J connectivity index is 1.64. The van der Waals surface area contributed by atoms with Crippen molar-refractivity contribution >= 4 is 10.8 Å². The van der Waals surface area contributed by atoms with E-state index in [1.165, 1.54) is 30.3 Å². The van der Waals surface area contributed by atoms with Gasteiger partial charge in [0.1, 0.15) is 5.75 Å². The number of nitrogens with zero attached hydrogens (tertiary/aromatic N) is 1. The summed E-state index contributed by atoms with van der Waals surface area (Å²) in [6, 6.07) is 12.6. The first-order chi connectivity index (χ1) is 11.2. The normalized spacial score (nSPS) is 38.3. The fourth-order valence-electron chi connectivity index (χ4n) is 5.26. The Morgan fingerprint density at radius 1 is 1.30 bits per heavy atom. The highest BCUT2D eigenvalue weighted by Crippen LogP contribution is 2.54. The Kier molecular flexibility index (Phi) is 2.83. The summed E-state index contributed by atoms with van der Waals surface area (Å²) in [6.45, 7) is 4.59. The lowest BCUT2D eigenvalue weighted by atomic mass is 9.66. The van der Waals surface area contributed by atoms with Gasteiger partial charge in [0.25, 0.3) is 0 Å². The fraction of sp³-hybridized carbons (Fsp3) is 0.500. The zero-order valence-electron chi connectivity index (χ0n) is 13.5. The molecule has 5 heterocycles. The number of hydrogen-bond donors (Lipinski definition) is 1. The minimum absolute atomic E-state index is 0.0383. The molecule has 7 rings (SSSR count). The van der Waals surface area contributed by atoms with Crippen molar-refractivity contribution in [1.29, 1.82) is 0 Å². The van der Waals surface area contributed by atoms with Gasteiger partial charge in [0, 0.05) is 12.6 Å². The van der Waals surface area contributed by atoms with Gasteiger partial charge >= 0.3 is 0 Å². The van der Waals surface area contributed by atoms with E-state index in [0.717, 1.165) is 24.3 Å². The van der Waals surface area contributed by atoms with Gasteiger partial charge in [0.15, 0.2) is 0 Å². The van der Waals surface area contributed by atoms with E-state index in [-0.39, 0.29) is 11.7 Å². The molecule has 0 aliphatic carbocycles. The van der Waals surface area contributed by atoms with Crippen molar-refractivity contribution in [2.45, 2.75) is 43.9 Å². The Hall–Kier alpha value is -1.58. The van der Waals surface area contributed by atoms with Gasteiger partial charge in [-0.2, -0.15) is 0 Å². The van der Waals surface area contributed by atoms with Crippen molar-refractivity contribution < 1.29 is 9.84 Å². The van der Waals surface area contributed by atoms with E-state index in [1.54, 1.807) is 6.07 Å². The minimum atomic E-state index is 0.0383. The fourth-order valence-corrected chi connectivity index (χ4v) is 5.26. The van der Waals surface area contributed by atoms with Crippen LogP contribution in [0.4, 0.5) is 0 Å². The number of phenols is 1. The van der Waals surface area contributed by atoms with Crippen LogP contribution in [0.1, 0.15) is 37.9 Å². The van der Waals surface area contributed by atoms with Crippen LogP contribution in [0.2, 0.25) is 0 Å². The Morgan fingerprint density at radius 3 is 3.00 bits per heavy atom. The lowest BCUT2D eigenvalue weighted by Crippen LogP contribution is -2.70. The summed E-state index contributed by atoms with van der Waals surface area (Å²) in [5, 5.41) is 12.2. The van der Waals surface area contributed by atoms with Crippen LogP contribution >= 0.6 is 0 Å². The smallest absolute Gasteiger partial charge is 0.116 e. The second-order valence-corrected chi connectivity index (χ2v) is 7.47. The van der Waals surface area contributed by atoms with Crippen LogP contribution in [0.15, 0.2) is 36.4 Å². The van der Waals surface area contributed by atoms with Gasteiger partial charge in [-0.1, -0.05) is 31.2 Å². The van der Waals surface area contributed by atoms with Crippen molar-refractivity contribution in [3.05, 3.63) is 42.0 Å².